The fourth-order valence-corrected chi connectivity index (χ4v) is 2.98. The number of carboxylic acids is 1. The molecule has 0 amide bonds. The zero-order valence-corrected chi connectivity index (χ0v) is 15.8. The van der Waals surface area contributed by atoms with Crippen LogP contribution in [-0.2, 0) is 0 Å². The predicted octanol–water partition coefficient (Wildman–Crippen LogP) is 4.08. The molecule has 10 heteroatoms. The summed E-state index contributed by atoms with van der Waals surface area (Å²) in [5, 5.41) is 12.8. The van der Waals surface area contributed by atoms with E-state index >= 15 is 0 Å². The lowest BCUT2D eigenvalue weighted by atomic mass is 10.1. The zero-order valence-electron chi connectivity index (χ0n) is 15.0. The number of nitrogens with zero attached hydrogens (tertiary/aromatic N) is 4. The molecule has 4 aromatic rings. The summed E-state index contributed by atoms with van der Waals surface area (Å²) in [5.74, 6) is -1.08. The Morgan fingerprint density at radius 2 is 2.00 bits per heavy atom. The molecule has 0 spiro atoms. The molecular weight excluding hydrogens is 399 g/mol. The monoisotopic (exact) mass is 412 g/mol. The third-order valence-electron chi connectivity index (χ3n) is 4.27. The molecule has 0 aliphatic heterocycles. The van der Waals surface area contributed by atoms with Crippen LogP contribution >= 0.6 is 11.6 Å². The Morgan fingerprint density at radius 3 is 2.72 bits per heavy atom. The molecule has 0 aliphatic rings. The number of H-pyrrole nitrogens is 1. The Hall–Kier alpha value is -3.59. The quantitative estimate of drug-likeness (QED) is 0.452. The molecule has 0 unspecified atom stereocenters. The van der Waals surface area contributed by atoms with Crippen molar-refractivity contribution >= 4 is 34.6 Å². The average Bonchev–Trinajstić information content (AvgIpc) is 3.11. The van der Waals surface area contributed by atoms with E-state index in [9.17, 15) is 14.3 Å². The van der Waals surface area contributed by atoms with E-state index in [1.807, 2.05) is 6.92 Å². The van der Waals surface area contributed by atoms with Crippen molar-refractivity contribution in [1.29, 1.82) is 0 Å². The lowest BCUT2D eigenvalue weighted by molar-refractivity contribution is 0.0690. The molecule has 3 aromatic heterocycles. The van der Waals surface area contributed by atoms with Gasteiger partial charge in [0.05, 0.1) is 11.8 Å². The number of hydrogen-bond donors (Lipinski definition) is 3. The van der Waals surface area contributed by atoms with E-state index in [1.54, 1.807) is 18.3 Å². The minimum atomic E-state index is -1.20. The fraction of sp³-hybridized carbons (Fsp3) is 0.105. The van der Waals surface area contributed by atoms with Crippen LogP contribution in [0.25, 0.3) is 22.6 Å². The topological polar surface area (TPSA) is 117 Å². The molecule has 146 valence electrons. The van der Waals surface area contributed by atoms with Crippen LogP contribution in [0.5, 0.6) is 0 Å². The van der Waals surface area contributed by atoms with Gasteiger partial charge in [-0.2, -0.15) is 0 Å². The van der Waals surface area contributed by atoms with Crippen LogP contribution in [0, 0.1) is 5.82 Å². The summed E-state index contributed by atoms with van der Waals surface area (Å²) >= 11 is 5.93. The summed E-state index contributed by atoms with van der Waals surface area (Å²) in [4.78, 5) is 31.4. The number of benzene rings is 1. The minimum Gasteiger partial charge on any atom is -0.477 e. The Morgan fingerprint density at radius 1 is 1.24 bits per heavy atom. The molecule has 1 atom stereocenters. The number of anilines is 1. The number of halogens is 2. The SMILES string of the molecule is C[C@H](Nc1cc(C(=O)O)nc(-c2c[nH]c3ncc(Cl)nc23)n1)c1ccc(F)cc1. The normalized spacial score (nSPS) is 12.1. The van der Waals surface area contributed by atoms with Gasteiger partial charge in [-0.3, -0.25) is 0 Å². The number of nitrogens with one attached hydrogen (secondary N) is 2. The van der Waals surface area contributed by atoms with Gasteiger partial charge in [0.1, 0.15) is 22.3 Å². The largest absolute Gasteiger partial charge is 0.477 e. The van der Waals surface area contributed by atoms with Gasteiger partial charge in [-0.25, -0.2) is 29.1 Å². The summed E-state index contributed by atoms with van der Waals surface area (Å²) in [6, 6.07) is 7.08. The molecule has 0 saturated heterocycles. The van der Waals surface area contributed by atoms with E-state index in [-0.39, 0.29) is 28.5 Å². The van der Waals surface area contributed by atoms with Crippen LogP contribution in [0.15, 0.2) is 42.7 Å². The summed E-state index contributed by atoms with van der Waals surface area (Å²) < 4.78 is 13.2. The lowest BCUT2D eigenvalue weighted by Gasteiger charge is -2.16. The number of aromatic carboxylic acids is 1. The summed E-state index contributed by atoms with van der Waals surface area (Å²) in [6.07, 6.45) is 2.99. The van der Waals surface area contributed by atoms with Gasteiger partial charge in [0.2, 0.25) is 0 Å². The van der Waals surface area contributed by atoms with Gasteiger partial charge in [-0.15, -0.1) is 0 Å². The van der Waals surface area contributed by atoms with Crippen LogP contribution in [0.2, 0.25) is 5.15 Å². The van der Waals surface area contributed by atoms with Gasteiger partial charge in [0.25, 0.3) is 0 Å². The number of hydrogen-bond acceptors (Lipinski definition) is 6. The molecule has 3 heterocycles. The third kappa shape index (κ3) is 3.85. The zero-order chi connectivity index (χ0) is 20.5. The van der Waals surface area contributed by atoms with Crippen molar-refractivity contribution in [1.82, 2.24) is 24.9 Å². The van der Waals surface area contributed by atoms with Crippen LogP contribution < -0.4 is 5.32 Å². The second-order valence-corrected chi connectivity index (χ2v) is 6.66. The van der Waals surface area contributed by atoms with E-state index in [0.717, 1.165) is 5.56 Å². The van der Waals surface area contributed by atoms with Gasteiger partial charge < -0.3 is 15.4 Å². The van der Waals surface area contributed by atoms with Gasteiger partial charge in [-0.1, -0.05) is 23.7 Å². The van der Waals surface area contributed by atoms with Gasteiger partial charge in [-0.05, 0) is 24.6 Å². The molecule has 0 saturated carbocycles. The molecule has 0 fully saturated rings. The molecule has 0 bridgehead atoms. The lowest BCUT2D eigenvalue weighted by Crippen LogP contribution is -2.11. The van der Waals surface area contributed by atoms with Crippen molar-refractivity contribution in [3.63, 3.8) is 0 Å². The van der Waals surface area contributed by atoms with Crippen molar-refractivity contribution in [3.8, 4) is 11.4 Å². The van der Waals surface area contributed by atoms with Gasteiger partial charge in [0.15, 0.2) is 17.2 Å². The van der Waals surface area contributed by atoms with E-state index in [0.29, 0.717) is 22.5 Å². The van der Waals surface area contributed by atoms with E-state index in [1.165, 1.54) is 24.4 Å². The molecular formula is C19H14ClFN6O2. The molecule has 4 rings (SSSR count). The highest BCUT2D eigenvalue weighted by molar-refractivity contribution is 6.29. The highest BCUT2D eigenvalue weighted by Crippen LogP contribution is 2.27. The predicted molar refractivity (Wildman–Crippen MR) is 105 cm³/mol. The summed E-state index contributed by atoms with van der Waals surface area (Å²) in [5.41, 5.74) is 2.00. The standard InChI is InChI=1S/C19H14ClFN6O2/c1-9(10-2-4-11(21)5-3-10)24-15-6-13(19(28)29)25-17(27-15)12-7-22-18-16(12)26-14(20)8-23-18/h2-9H,1H3,(H,22,23)(H,28,29)(H,24,25,27)/t9-/m0/s1. The van der Waals surface area contributed by atoms with E-state index < -0.39 is 5.97 Å². The minimum absolute atomic E-state index is 0.154. The first-order valence-electron chi connectivity index (χ1n) is 8.55. The van der Waals surface area contributed by atoms with Crippen LogP contribution in [0.3, 0.4) is 0 Å². The molecule has 0 aliphatic carbocycles. The Bertz CT molecular complexity index is 1210. The van der Waals surface area contributed by atoms with Crippen molar-refractivity contribution in [2.24, 2.45) is 0 Å². The average molecular weight is 413 g/mol. The number of carbonyl (C=O) groups is 1. The van der Waals surface area contributed by atoms with Crippen LogP contribution in [0.4, 0.5) is 10.2 Å². The number of fused-ring (bicyclic) bond motifs is 1. The smallest absolute Gasteiger partial charge is 0.354 e. The molecule has 0 radical (unpaired) electrons. The van der Waals surface area contributed by atoms with Crippen molar-refractivity contribution < 1.29 is 14.3 Å². The molecule has 8 nitrogen and oxygen atoms in total. The maximum absolute atomic E-state index is 13.2. The fourth-order valence-electron chi connectivity index (χ4n) is 2.85. The van der Waals surface area contributed by atoms with Gasteiger partial charge >= 0.3 is 5.97 Å². The number of aromatic amines is 1. The van der Waals surface area contributed by atoms with Crippen LogP contribution in [-0.4, -0.2) is 36.0 Å². The number of carboxylic acid groups (broad SMARTS) is 1. The second-order valence-electron chi connectivity index (χ2n) is 6.28. The van der Waals surface area contributed by atoms with E-state index in [4.69, 9.17) is 11.6 Å². The maximum atomic E-state index is 13.2. The number of aromatic nitrogens is 5. The first kappa shape index (κ1) is 18.8. The highest BCUT2D eigenvalue weighted by atomic mass is 35.5. The summed E-state index contributed by atoms with van der Waals surface area (Å²) in [7, 11) is 0. The number of rotatable bonds is 5. The first-order valence-corrected chi connectivity index (χ1v) is 8.93. The Kier molecular flexibility index (Phi) is 4.81. The Balaban J connectivity index is 1.75. The van der Waals surface area contributed by atoms with Crippen molar-refractivity contribution in [2.45, 2.75) is 13.0 Å². The highest BCUT2D eigenvalue weighted by Gasteiger charge is 2.17. The van der Waals surface area contributed by atoms with Crippen molar-refractivity contribution in [3.05, 3.63) is 65.0 Å². The molecule has 1 aromatic carbocycles. The third-order valence-corrected chi connectivity index (χ3v) is 4.45. The molecule has 3 N–H and O–H groups in total. The van der Waals surface area contributed by atoms with Crippen LogP contribution in [0.1, 0.15) is 29.0 Å². The summed E-state index contributed by atoms with van der Waals surface area (Å²) in [6.45, 7) is 1.85. The van der Waals surface area contributed by atoms with E-state index in [2.05, 4.69) is 30.2 Å². The maximum Gasteiger partial charge on any atom is 0.354 e. The van der Waals surface area contributed by atoms with Crippen molar-refractivity contribution in [2.75, 3.05) is 5.32 Å². The second kappa shape index (κ2) is 7.44. The van der Waals surface area contributed by atoms with Gasteiger partial charge in [0, 0.05) is 18.3 Å². The first-order chi connectivity index (χ1) is 13.9. The molecule has 29 heavy (non-hydrogen) atoms. The Labute approximate surface area is 168 Å².